The third kappa shape index (κ3) is 2.92. The fourth-order valence-electron chi connectivity index (χ4n) is 3.63. The van der Waals surface area contributed by atoms with Gasteiger partial charge in [0.15, 0.2) is 0 Å². The first-order chi connectivity index (χ1) is 11.8. The van der Waals surface area contributed by atoms with Crippen LogP contribution < -0.4 is 5.32 Å². The molecule has 0 radical (unpaired) electrons. The van der Waals surface area contributed by atoms with Gasteiger partial charge in [0.05, 0.1) is 30.5 Å². The van der Waals surface area contributed by atoms with Crippen LogP contribution in [-0.2, 0) is 4.74 Å². The number of carbonyl (C=O) groups excluding carboxylic acids is 1. The number of aromatic amines is 1. The second-order valence-electron chi connectivity index (χ2n) is 6.45. The number of H-pyrrole nitrogens is 1. The molecule has 1 aromatic carbocycles. The predicted molar refractivity (Wildman–Crippen MR) is 95.5 cm³/mol. The van der Waals surface area contributed by atoms with E-state index in [0.29, 0.717) is 12.1 Å². The van der Waals surface area contributed by atoms with Crippen LogP contribution in [0.5, 0.6) is 0 Å². The summed E-state index contributed by atoms with van der Waals surface area (Å²) in [6.45, 7) is 4.16. The molecule has 0 unspecified atom stereocenters. The van der Waals surface area contributed by atoms with Gasteiger partial charge in [0.1, 0.15) is 0 Å². The molecule has 128 valence electrons. The van der Waals surface area contributed by atoms with E-state index in [2.05, 4.69) is 20.4 Å². The summed E-state index contributed by atoms with van der Waals surface area (Å²) in [7, 11) is 0. The normalized spacial score (nSPS) is 25.2. The summed E-state index contributed by atoms with van der Waals surface area (Å²) in [5, 5.41) is 11.1. The molecule has 0 saturated carbocycles. The standard InChI is InChI=1S/C17H22N4O2S/c22-16(14-3-1-2-13-10-19-20-15(13)14)18-11-17(4-9-24-12-17)21-5-7-23-8-6-21/h1-3,10H,4-9,11-12H2,(H,18,22)(H,19,20)/t17-/m1/s1. The molecular formula is C17H22N4O2S. The first kappa shape index (κ1) is 15.9. The molecule has 2 fully saturated rings. The summed E-state index contributed by atoms with van der Waals surface area (Å²) >= 11 is 1.98. The second kappa shape index (κ2) is 6.74. The van der Waals surface area contributed by atoms with Crippen LogP contribution in [-0.4, -0.2) is 70.9 Å². The van der Waals surface area contributed by atoms with Gasteiger partial charge in [0.2, 0.25) is 0 Å². The van der Waals surface area contributed by atoms with E-state index in [1.807, 2.05) is 30.0 Å². The lowest BCUT2D eigenvalue weighted by molar-refractivity contribution is -0.0129. The van der Waals surface area contributed by atoms with Gasteiger partial charge in [-0.15, -0.1) is 0 Å². The first-order valence-electron chi connectivity index (χ1n) is 8.39. The molecule has 24 heavy (non-hydrogen) atoms. The topological polar surface area (TPSA) is 70.2 Å². The lowest BCUT2D eigenvalue weighted by Gasteiger charge is -2.43. The number of amides is 1. The Balaban J connectivity index is 1.50. The van der Waals surface area contributed by atoms with Crippen LogP contribution in [0.25, 0.3) is 10.9 Å². The number of aromatic nitrogens is 2. The van der Waals surface area contributed by atoms with Crippen molar-refractivity contribution in [3.8, 4) is 0 Å². The Morgan fingerprint density at radius 3 is 3.08 bits per heavy atom. The van der Waals surface area contributed by atoms with Crippen molar-refractivity contribution in [2.24, 2.45) is 0 Å². The van der Waals surface area contributed by atoms with Gasteiger partial charge >= 0.3 is 0 Å². The van der Waals surface area contributed by atoms with Crippen molar-refractivity contribution < 1.29 is 9.53 Å². The maximum atomic E-state index is 12.7. The largest absolute Gasteiger partial charge is 0.379 e. The molecule has 2 aliphatic heterocycles. The number of hydrogen-bond acceptors (Lipinski definition) is 5. The molecule has 2 aliphatic rings. The molecule has 0 bridgehead atoms. The number of rotatable bonds is 4. The second-order valence-corrected chi connectivity index (χ2v) is 7.55. The van der Waals surface area contributed by atoms with E-state index in [0.717, 1.165) is 55.1 Å². The average Bonchev–Trinajstić information content (AvgIpc) is 3.30. The van der Waals surface area contributed by atoms with E-state index in [4.69, 9.17) is 4.74 Å². The summed E-state index contributed by atoms with van der Waals surface area (Å²) in [5.41, 5.74) is 1.52. The Kier molecular flexibility index (Phi) is 4.47. The summed E-state index contributed by atoms with van der Waals surface area (Å²) in [6.07, 6.45) is 2.86. The maximum absolute atomic E-state index is 12.7. The molecule has 1 aromatic heterocycles. The Morgan fingerprint density at radius 2 is 2.29 bits per heavy atom. The molecule has 1 amide bonds. The number of nitrogens with zero attached hydrogens (tertiary/aromatic N) is 2. The highest BCUT2D eigenvalue weighted by molar-refractivity contribution is 7.99. The molecule has 0 aliphatic carbocycles. The summed E-state index contributed by atoms with van der Waals surface area (Å²) in [5.74, 6) is 2.19. The van der Waals surface area contributed by atoms with Gasteiger partial charge in [-0.05, 0) is 18.2 Å². The van der Waals surface area contributed by atoms with E-state index in [1.165, 1.54) is 0 Å². The Morgan fingerprint density at radius 1 is 1.42 bits per heavy atom. The van der Waals surface area contributed by atoms with E-state index in [-0.39, 0.29) is 11.4 Å². The number of hydrogen-bond donors (Lipinski definition) is 2. The van der Waals surface area contributed by atoms with Crippen LogP contribution in [0.4, 0.5) is 0 Å². The molecule has 1 atom stereocenters. The van der Waals surface area contributed by atoms with E-state index in [9.17, 15) is 4.79 Å². The van der Waals surface area contributed by atoms with Gasteiger partial charge in [-0.25, -0.2) is 0 Å². The molecule has 2 saturated heterocycles. The lowest BCUT2D eigenvalue weighted by Crippen LogP contribution is -2.59. The maximum Gasteiger partial charge on any atom is 0.253 e. The fraction of sp³-hybridized carbons (Fsp3) is 0.529. The Hall–Kier alpha value is -1.57. The minimum absolute atomic E-state index is 0.0330. The average molecular weight is 346 g/mol. The van der Waals surface area contributed by atoms with Crippen molar-refractivity contribution in [2.75, 3.05) is 44.4 Å². The summed E-state index contributed by atoms with van der Waals surface area (Å²) in [6, 6.07) is 5.70. The smallest absolute Gasteiger partial charge is 0.253 e. The Bertz CT molecular complexity index is 720. The van der Waals surface area contributed by atoms with Gasteiger partial charge in [0.25, 0.3) is 5.91 Å². The molecule has 7 heteroatoms. The first-order valence-corrected chi connectivity index (χ1v) is 9.55. The van der Waals surface area contributed by atoms with Gasteiger partial charge < -0.3 is 10.1 Å². The van der Waals surface area contributed by atoms with Crippen molar-refractivity contribution in [3.05, 3.63) is 30.0 Å². The molecule has 6 nitrogen and oxygen atoms in total. The van der Waals surface area contributed by atoms with E-state index in [1.54, 1.807) is 6.20 Å². The van der Waals surface area contributed by atoms with Crippen LogP contribution in [0.15, 0.2) is 24.4 Å². The molecular weight excluding hydrogens is 324 g/mol. The third-order valence-electron chi connectivity index (χ3n) is 5.06. The van der Waals surface area contributed by atoms with Gasteiger partial charge in [0, 0.05) is 36.3 Å². The van der Waals surface area contributed by atoms with Gasteiger partial charge in [-0.1, -0.05) is 12.1 Å². The minimum Gasteiger partial charge on any atom is -0.379 e. The molecule has 0 spiro atoms. The number of nitrogens with one attached hydrogen (secondary N) is 2. The van der Waals surface area contributed by atoms with E-state index < -0.39 is 0 Å². The van der Waals surface area contributed by atoms with Crippen molar-refractivity contribution in [1.29, 1.82) is 0 Å². The summed E-state index contributed by atoms with van der Waals surface area (Å²) < 4.78 is 5.49. The molecule has 2 N–H and O–H groups in total. The van der Waals surface area contributed by atoms with Crippen LogP contribution in [0.3, 0.4) is 0 Å². The number of fused-ring (bicyclic) bond motifs is 1. The number of para-hydroxylation sites is 1. The van der Waals surface area contributed by atoms with Crippen molar-refractivity contribution in [2.45, 2.75) is 12.0 Å². The number of ether oxygens (including phenoxy) is 1. The number of morpholine rings is 1. The Labute approximate surface area is 145 Å². The minimum atomic E-state index is -0.0330. The molecule has 2 aromatic rings. The number of thioether (sulfide) groups is 1. The molecule has 4 rings (SSSR count). The number of carbonyl (C=O) groups is 1. The van der Waals surface area contributed by atoms with E-state index >= 15 is 0 Å². The predicted octanol–water partition coefficient (Wildman–Crippen LogP) is 1.50. The van der Waals surface area contributed by atoms with Crippen molar-refractivity contribution in [3.63, 3.8) is 0 Å². The SMILES string of the molecule is O=C(NC[C@]1(N2CCOCC2)CCSC1)c1cccc2cn[nH]c12. The van der Waals surface area contributed by atoms with Crippen LogP contribution >= 0.6 is 11.8 Å². The zero-order valence-corrected chi connectivity index (χ0v) is 14.4. The van der Waals surface area contributed by atoms with Crippen molar-refractivity contribution >= 4 is 28.6 Å². The summed E-state index contributed by atoms with van der Waals surface area (Å²) in [4.78, 5) is 15.2. The monoisotopic (exact) mass is 346 g/mol. The highest BCUT2D eigenvalue weighted by Crippen LogP contribution is 2.33. The fourth-order valence-corrected chi connectivity index (χ4v) is 5.11. The lowest BCUT2D eigenvalue weighted by atomic mass is 9.95. The van der Waals surface area contributed by atoms with Crippen LogP contribution in [0.1, 0.15) is 16.8 Å². The zero-order valence-electron chi connectivity index (χ0n) is 13.6. The molecule has 3 heterocycles. The highest BCUT2D eigenvalue weighted by atomic mass is 32.2. The van der Waals surface area contributed by atoms with Crippen molar-refractivity contribution in [1.82, 2.24) is 20.4 Å². The number of benzene rings is 1. The highest BCUT2D eigenvalue weighted by Gasteiger charge is 2.40. The quantitative estimate of drug-likeness (QED) is 0.878. The van der Waals surface area contributed by atoms with Gasteiger partial charge in [-0.3, -0.25) is 14.8 Å². The zero-order chi connectivity index (χ0) is 16.4. The third-order valence-corrected chi connectivity index (χ3v) is 6.30. The van der Waals surface area contributed by atoms with Crippen LogP contribution in [0.2, 0.25) is 0 Å². The van der Waals surface area contributed by atoms with Gasteiger partial charge in [-0.2, -0.15) is 16.9 Å². The van der Waals surface area contributed by atoms with Crippen LogP contribution in [0, 0.1) is 0 Å².